The quantitative estimate of drug-likeness (QED) is 0.918. The third-order valence-electron chi connectivity index (χ3n) is 2.85. The van der Waals surface area contributed by atoms with Crippen molar-refractivity contribution in [2.45, 2.75) is 38.3 Å². The number of aryl methyl sites for hydroxylation is 1. The molecule has 0 saturated heterocycles. The molecular weight excluding hydrogens is 318 g/mol. The normalized spacial score (nSPS) is 12.4. The van der Waals surface area contributed by atoms with Crippen LogP contribution in [0.1, 0.15) is 25.0 Å². The molecule has 4 nitrogen and oxygen atoms in total. The first kappa shape index (κ1) is 15.6. The largest absolute Gasteiger partial charge is 0.392 e. The van der Waals surface area contributed by atoms with Crippen molar-refractivity contribution in [3.8, 4) is 0 Å². The van der Waals surface area contributed by atoms with Crippen LogP contribution in [0.3, 0.4) is 0 Å². The lowest BCUT2D eigenvalue weighted by Crippen LogP contribution is -2.33. The highest BCUT2D eigenvalue weighted by Crippen LogP contribution is 2.29. The van der Waals surface area contributed by atoms with Crippen LogP contribution >= 0.6 is 15.9 Å². The summed E-state index contributed by atoms with van der Waals surface area (Å²) in [5, 5.41) is 9.17. The summed E-state index contributed by atoms with van der Waals surface area (Å²) in [5.41, 5.74) is 1.38. The molecule has 102 valence electrons. The van der Waals surface area contributed by atoms with Gasteiger partial charge in [-0.2, -0.15) is 4.31 Å². The van der Waals surface area contributed by atoms with Gasteiger partial charge in [0.15, 0.2) is 0 Å². The van der Waals surface area contributed by atoms with Gasteiger partial charge in [0.1, 0.15) is 0 Å². The average molecular weight is 336 g/mol. The average Bonchev–Trinajstić information content (AvgIpc) is 2.30. The third-order valence-corrected chi connectivity index (χ3v) is 6.22. The minimum absolute atomic E-state index is 0.125. The van der Waals surface area contributed by atoms with Gasteiger partial charge >= 0.3 is 0 Å². The Kier molecular flexibility index (Phi) is 4.94. The Morgan fingerprint density at radius 3 is 2.39 bits per heavy atom. The van der Waals surface area contributed by atoms with E-state index < -0.39 is 10.0 Å². The first-order chi connectivity index (χ1) is 8.21. The molecular formula is C12H18BrNO3S. The lowest BCUT2D eigenvalue weighted by atomic mass is 10.1. The predicted molar refractivity (Wildman–Crippen MR) is 74.9 cm³/mol. The molecule has 0 radical (unpaired) electrons. The number of rotatable bonds is 4. The lowest BCUT2D eigenvalue weighted by Gasteiger charge is -2.22. The first-order valence-electron chi connectivity index (χ1n) is 5.59. The monoisotopic (exact) mass is 335 g/mol. The SMILES string of the molecule is Cc1cc(CO)cc(S(=O)(=O)N(C)C(C)C)c1Br. The smallest absolute Gasteiger partial charge is 0.244 e. The Morgan fingerprint density at radius 1 is 1.39 bits per heavy atom. The van der Waals surface area contributed by atoms with Crippen molar-refractivity contribution in [1.29, 1.82) is 0 Å². The van der Waals surface area contributed by atoms with Gasteiger partial charge in [0.25, 0.3) is 0 Å². The van der Waals surface area contributed by atoms with Gasteiger partial charge in [0.05, 0.1) is 11.5 Å². The van der Waals surface area contributed by atoms with Crippen molar-refractivity contribution in [2.24, 2.45) is 0 Å². The fourth-order valence-electron chi connectivity index (χ4n) is 1.52. The number of aliphatic hydroxyl groups excluding tert-OH is 1. The first-order valence-corrected chi connectivity index (χ1v) is 7.83. The summed E-state index contributed by atoms with van der Waals surface area (Å²) < 4.78 is 26.7. The number of nitrogens with zero attached hydrogens (tertiary/aromatic N) is 1. The van der Waals surface area contributed by atoms with Crippen LogP contribution in [0.15, 0.2) is 21.5 Å². The Balaban J connectivity index is 3.45. The molecule has 0 atom stereocenters. The molecule has 0 saturated carbocycles. The van der Waals surface area contributed by atoms with E-state index in [0.29, 0.717) is 10.0 Å². The number of sulfonamides is 1. The fourth-order valence-corrected chi connectivity index (χ4v) is 3.92. The van der Waals surface area contributed by atoms with E-state index in [4.69, 9.17) is 5.11 Å². The fraction of sp³-hybridized carbons (Fsp3) is 0.500. The summed E-state index contributed by atoms with van der Waals surface area (Å²) in [6.07, 6.45) is 0. The maximum absolute atomic E-state index is 12.4. The molecule has 0 unspecified atom stereocenters. The van der Waals surface area contributed by atoms with E-state index >= 15 is 0 Å². The number of hydrogen-bond donors (Lipinski definition) is 1. The molecule has 6 heteroatoms. The van der Waals surface area contributed by atoms with Crippen LogP contribution in [0.25, 0.3) is 0 Å². The summed E-state index contributed by atoms with van der Waals surface area (Å²) in [6, 6.07) is 3.14. The van der Waals surface area contributed by atoms with Crippen LogP contribution in [0.4, 0.5) is 0 Å². The minimum atomic E-state index is -3.55. The summed E-state index contributed by atoms with van der Waals surface area (Å²) >= 11 is 3.31. The highest BCUT2D eigenvalue weighted by Gasteiger charge is 2.26. The van der Waals surface area contributed by atoms with E-state index in [0.717, 1.165) is 5.56 Å². The van der Waals surface area contributed by atoms with Crippen molar-refractivity contribution in [3.05, 3.63) is 27.7 Å². The van der Waals surface area contributed by atoms with Crippen LogP contribution in [-0.2, 0) is 16.6 Å². The number of benzene rings is 1. The predicted octanol–water partition coefficient (Wildman–Crippen LogP) is 2.28. The van der Waals surface area contributed by atoms with Crippen LogP contribution in [0.2, 0.25) is 0 Å². The Hall–Kier alpha value is -0.430. The number of aliphatic hydroxyl groups is 1. The van der Waals surface area contributed by atoms with E-state index in [9.17, 15) is 8.42 Å². The second kappa shape index (κ2) is 5.69. The summed E-state index contributed by atoms with van der Waals surface area (Å²) in [4.78, 5) is 0.197. The Labute approximate surface area is 117 Å². The van der Waals surface area contributed by atoms with E-state index in [1.807, 2.05) is 13.8 Å². The van der Waals surface area contributed by atoms with Gasteiger partial charge in [0.2, 0.25) is 10.0 Å². The van der Waals surface area contributed by atoms with Crippen LogP contribution in [0.5, 0.6) is 0 Å². The molecule has 0 aliphatic carbocycles. The molecule has 0 aromatic heterocycles. The molecule has 18 heavy (non-hydrogen) atoms. The van der Waals surface area contributed by atoms with E-state index in [1.165, 1.54) is 10.4 Å². The maximum Gasteiger partial charge on any atom is 0.244 e. The van der Waals surface area contributed by atoms with Gasteiger partial charge in [-0.3, -0.25) is 0 Å². The van der Waals surface area contributed by atoms with E-state index in [2.05, 4.69) is 15.9 Å². The lowest BCUT2D eigenvalue weighted by molar-refractivity contribution is 0.281. The molecule has 0 spiro atoms. The Morgan fingerprint density at radius 2 is 1.94 bits per heavy atom. The molecule has 0 fully saturated rings. The molecule has 0 aliphatic rings. The van der Waals surface area contributed by atoms with Crippen molar-refractivity contribution in [2.75, 3.05) is 7.05 Å². The number of halogens is 1. The zero-order chi connectivity index (χ0) is 14.1. The van der Waals surface area contributed by atoms with Gasteiger partial charge in [-0.15, -0.1) is 0 Å². The second-order valence-electron chi connectivity index (χ2n) is 4.50. The van der Waals surface area contributed by atoms with E-state index in [-0.39, 0.29) is 17.5 Å². The van der Waals surface area contributed by atoms with Gasteiger partial charge in [-0.1, -0.05) is 6.07 Å². The van der Waals surface area contributed by atoms with Gasteiger partial charge in [-0.25, -0.2) is 8.42 Å². The minimum Gasteiger partial charge on any atom is -0.392 e. The second-order valence-corrected chi connectivity index (χ2v) is 7.26. The highest BCUT2D eigenvalue weighted by molar-refractivity contribution is 9.10. The Bertz CT molecular complexity index is 540. The number of hydrogen-bond acceptors (Lipinski definition) is 3. The van der Waals surface area contributed by atoms with E-state index in [1.54, 1.807) is 20.0 Å². The summed E-state index contributed by atoms with van der Waals surface area (Å²) in [5.74, 6) is 0. The van der Waals surface area contributed by atoms with Crippen molar-refractivity contribution in [1.82, 2.24) is 4.31 Å². The molecule has 1 aromatic carbocycles. The molecule has 0 amide bonds. The topological polar surface area (TPSA) is 57.6 Å². The molecule has 0 aliphatic heterocycles. The zero-order valence-corrected chi connectivity index (χ0v) is 13.3. The molecule has 0 bridgehead atoms. The maximum atomic E-state index is 12.4. The van der Waals surface area contributed by atoms with Crippen molar-refractivity contribution in [3.63, 3.8) is 0 Å². The zero-order valence-electron chi connectivity index (χ0n) is 10.9. The highest BCUT2D eigenvalue weighted by atomic mass is 79.9. The van der Waals surface area contributed by atoms with Gasteiger partial charge < -0.3 is 5.11 Å². The molecule has 1 aromatic rings. The molecule has 1 N–H and O–H groups in total. The third kappa shape index (κ3) is 2.93. The van der Waals surface area contributed by atoms with Crippen LogP contribution in [0, 0.1) is 6.92 Å². The molecule has 0 heterocycles. The van der Waals surface area contributed by atoms with Crippen molar-refractivity contribution < 1.29 is 13.5 Å². The van der Waals surface area contributed by atoms with Crippen LogP contribution < -0.4 is 0 Å². The summed E-state index contributed by atoms with van der Waals surface area (Å²) in [6.45, 7) is 5.25. The van der Waals surface area contributed by atoms with Gasteiger partial charge in [0, 0.05) is 17.6 Å². The molecule has 1 rings (SSSR count). The van der Waals surface area contributed by atoms with Crippen LogP contribution in [-0.4, -0.2) is 30.9 Å². The van der Waals surface area contributed by atoms with Crippen molar-refractivity contribution >= 4 is 26.0 Å². The van der Waals surface area contributed by atoms with Gasteiger partial charge in [-0.05, 0) is 53.9 Å². The summed E-state index contributed by atoms with van der Waals surface area (Å²) in [7, 11) is -2.00. The standard InChI is InChI=1S/C12H18BrNO3S/c1-8(2)14(4)18(16,17)11-6-10(7-15)5-9(3)12(11)13/h5-6,8,15H,7H2,1-4H3.